The Labute approximate surface area is 223 Å². The molecule has 204 valence electrons. The van der Waals surface area contributed by atoms with Crippen LogP contribution in [0.5, 0.6) is 5.88 Å². The van der Waals surface area contributed by atoms with E-state index in [9.17, 15) is 21.6 Å². The molecule has 3 aromatic heterocycles. The van der Waals surface area contributed by atoms with Gasteiger partial charge >= 0.3 is 6.18 Å². The molecule has 14 heteroatoms. The van der Waals surface area contributed by atoms with Gasteiger partial charge in [0.05, 0.1) is 10.7 Å². The van der Waals surface area contributed by atoms with Crippen molar-refractivity contribution in [1.29, 1.82) is 0 Å². The Bertz CT molecular complexity index is 1390. The van der Waals surface area contributed by atoms with Crippen LogP contribution in [-0.4, -0.2) is 59.5 Å². The van der Waals surface area contributed by atoms with E-state index in [1.807, 2.05) is 19.0 Å². The number of halogens is 4. The second-order valence-electron chi connectivity index (χ2n) is 9.19. The molecule has 1 saturated carbocycles. The topological polar surface area (TPSA) is 110 Å². The van der Waals surface area contributed by atoms with E-state index in [4.69, 9.17) is 16.3 Å². The van der Waals surface area contributed by atoms with Crippen molar-refractivity contribution in [3.63, 3.8) is 0 Å². The van der Waals surface area contributed by atoms with Crippen LogP contribution >= 0.6 is 11.6 Å². The molecule has 0 spiro atoms. The average Bonchev–Trinajstić information content (AvgIpc) is 2.84. The first-order chi connectivity index (χ1) is 17.8. The number of sulfonamides is 1. The van der Waals surface area contributed by atoms with Gasteiger partial charge in [0.15, 0.2) is 5.69 Å². The minimum Gasteiger partial charge on any atom is -0.473 e. The van der Waals surface area contributed by atoms with Gasteiger partial charge in [-0.3, -0.25) is 4.72 Å². The summed E-state index contributed by atoms with van der Waals surface area (Å²) >= 11 is 5.74. The van der Waals surface area contributed by atoms with Gasteiger partial charge in [0.1, 0.15) is 23.1 Å². The molecule has 1 aliphatic carbocycles. The van der Waals surface area contributed by atoms with Crippen LogP contribution in [0.1, 0.15) is 42.3 Å². The van der Waals surface area contributed by atoms with Crippen molar-refractivity contribution in [3.8, 4) is 5.88 Å². The lowest BCUT2D eigenvalue weighted by Gasteiger charge is -2.39. The highest BCUT2D eigenvalue weighted by Crippen LogP contribution is 2.39. The van der Waals surface area contributed by atoms with Gasteiger partial charge in [0.25, 0.3) is 10.0 Å². The van der Waals surface area contributed by atoms with Gasteiger partial charge in [0, 0.05) is 29.9 Å². The molecule has 1 aliphatic rings. The molecule has 0 radical (unpaired) electrons. The zero-order valence-corrected chi connectivity index (χ0v) is 22.3. The third-order valence-corrected chi connectivity index (χ3v) is 8.16. The van der Waals surface area contributed by atoms with Crippen LogP contribution in [0.25, 0.3) is 0 Å². The molecule has 3 heterocycles. The number of pyridine rings is 2. The highest BCUT2D eigenvalue weighted by molar-refractivity contribution is 7.92. The average molecular weight is 571 g/mol. The molecule has 0 aromatic carbocycles. The molecule has 0 amide bonds. The molecule has 0 unspecified atom stereocenters. The molecule has 9 nitrogen and oxygen atoms in total. The predicted molar refractivity (Wildman–Crippen MR) is 135 cm³/mol. The highest BCUT2D eigenvalue weighted by Gasteiger charge is 2.38. The first-order valence-electron chi connectivity index (χ1n) is 11.7. The molecule has 0 aliphatic heterocycles. The second kappa shape index (κ2) is 11.0. The number of ether oxygens (including phenoxy) is 1. The smallest absolute Gasteiger partial charge is 0.434 e. The van der Waals surface area contributed by atoms with E-state index in [1.54, 1.807) is 6.92 Å². The minimum atomic E-state index is -4.64. The van der Waals surface area contributed by atoms with Crippen molar-refractivity contribution in [2.75, 3.05) is 18.8 Å². The van der Waals surface area contributed by atoms with Crippen molar-refractivity contribution in [2.45, 2.75) is 55.3 Å². The normalized spacial score (nSPS) is 20.4. The van der Waals surface area contributed by atoms with Gasteiger partial charge in [-0.1, -0.05) is 11.6 Å². The lowest BCUT2D eigenvalue weighted by atomic mass is 9.81. The molecule has 38 heavy (non-hydrogen) atoms. The Morgan fingerprint density at radius 3 is 2.50 bits per heavy atom. The number of hydrogen-bond acceptors (Lipinski definition) is 8. The van der Waals surface area contributed by atoms with Crippen molar-refractivity contribution >= 4 is 27.4 Å². The lowest BCUT2D eigenvalue weighted by molar-refractivity contribution is -0.141. The summed E-state index contributed by atoms with van der Waals surface area (Å²) < 4.78 is 74.1. The first kappa shape index (κ1) is 28.0. The second-order valence-corrected chi connectivity index (χ2v) is 11.3. The summed E-state index contributed by atoms with van der Waals surface area (Å²) in [7, 11) is -0.200. The number of nitrogens with one attached hydrogen (secondary N) is 1. The highest BCUT2D eigenvalue weighted by atomic mass is 35.5. The van der Waals surface area contributed by atoms with Crippen LogP contribution in [0.4, 0.5) is 19.0 Å². The number of hydrogen-bond donors (Lipinski definition) is 1. The fraction of sp³-hybridized carbons (Fsp3) is 0.417. The molecule has 4 rings (SSSR count). The van der Waals surface area contributed by atoms with E-state index in [1.165, 1.54) is 42.9 Å². The van der Waals surface area contributed by atoms with Gasteiger partial charge in [-0.05, 0) is 64.5 Å². The Kier molecular flexibility index (Phi) is 8.09. The maximum atomic E-state index is 13.3. The maximum absolute atomic E-state index is 13.3. The Morgan fingerprint density at radius 2 is 1.87 bits per heavy atom. The molecular weight excluding hydrogens is 545 g/mol. The Hall–Kier alpha value is -3.03. The fourth-order valence-corrected chi connectivity index (χ4v) is 5.93. The van der Waals surface area contributed by atoms with Gasteiger partial charge in [-0.25, -0.2) is 28.4 Å². The number of aromatic nitrogens is 4. The van der Waals surface area contributed by atoms with Crippen molar-refractivity contribution in [2.24, 2.45) is 0 Å². The molecule has 3 atom stereocenters. The summed E-state index contributed by atoms with van der Waals surface area (Å²) in [4.78, 5) is 17.8. The molecular formula is C24H26ClF3N6O3S. The van der Waals surface area contributed by atoms with Crippen LogP contribution in [-0.2, 0) is 16.2 Å². The maximum Gasteiger partial charge on any atom is 0.434 e. The van der Waals surface area contributed by atoms with E-state index >= 15 is 0 Å². The standard InChI is InChI=1S/C24H26ClF3N6O3S/c1-14-20(38(35,36)33-21-10-11-29-13-30-21)8-9-22(31-14)37-19-7-4-15(12-18(19)34(2)3)17-6-5-16(25)23(32-17)24(26,27)28/h5-6,8-11,13,15,18-19H,4,7,12H2,1-3H3,(H,29,30,33)/t15-,18-,19-/m0/s1. The van der Waals surface area contributed by atoms with Gasteiger partial charge in [0.2, 0.25) is 5.88 Å². The zero-order valence-electron chi connectivity index (χ0n) is 20.8. The van der Waals surface area contributed by atoms with E-state index in [0.29, 0.717) is 25.0 Å². The van der Waals surface area contributed by atoms with Crippen LogP contribution in [0.2, 0.25) is 5.02 Å². The number of alkyl halides is 3. The number of aryl methyl sites for hydroxylation is 1. The van der Waals surface area contributed by atoms with E-state index in [0.717, 1.165) is 0 Å². The summed E-state index contributed by atoms with van der Waals surface area (Å²) in [6, 6.07) is 6.95. The van der Waals surface area contributed by atoms with Crippen LogP contribution < -0.4 is 9.46 Å². The first-order valence-corrected chi connectivity index (χ1v) is 13.5. The summed E-state index contributed by atoms with van der Waals surface area (Å²) in [5.41, 5.74) is -0.503. The van der Waals surface area contributed by atoms with Crippen LogP contribution in [0.15, 0.2) is 47.8 Å². The van der Waals surface area contributed by atoms with E-state index in [2.05, 4.69) is 24.7 Å². The SMILES string of the molecule is Cc1nc(O[C@H]2CC[C@H](c3ccc(Cl)c(C(F)(F)F)n3)C[C@@H]2N(C)C)ccc1S(=O)(=O)Nc1ccncn1. The summed E-state index contributed by atoms with van der Waals surface area (Å²) in [5, 5.41) is -0.429. The van der Waals surface area contributed by atoms with Crippen molar-refractivity contribution in [1.82, 2.24) is 24.8 Å². The quantitative estimate of drug-likeness (QED) is 0.435. The monoisotopic (exact) mass is 570 g/mol. The molecule has 0 saturated heterocycles. The van der Waals surface area contributed by atoms with Crippen LogP contribution in [0.3, 0.4) is 0 Å². The van der Waals surface area contributed by atoms with E-state index < -0.39 is 26.9 Å². The number of rotatable bonds is 7. The fourth-order valence-electron chi connectivity index (χ4n) is 4.53. The van der Waals surface area contributed by atoms with Gasteiger partial charge < -0.3 is 9.64 Å². The van der Waals surface area contributed by atoms with Crippen molar-refractivity contribution in [3.05, 3.63) is 65.0 Å². The third-order valence-electron chi connectivity index (χ3n) is 6.37. The van der Waals surface area contributed by atoms with E-state index in [-0.39, 0.29) is 40.4 Å². The molecule has 0 bridgehead atoms. The largest absolute Gasteiger partial charge is 0.473 e. The van der Waals surface area contributed by atoms with Gasteiger partial charge in [-0.2, -0.15) is 13.2 Å². The zero-order chi connectivity index (χ0) is 27.7. The Morgan fingerprint density at radius 1 is 1.11 bits per heavy atom. The Balaban J connectivity index is 1.49. The molecule has 1 fully saturated rings. The van der Waals surface area contributed by atoms with Gasteiger partial charge in [-0.15, -0.1) is 0 Å². The number of anilines is 1. The van der Waals surface area contributed by atoms with Crippen molar-refractivity contribution < 1.29 is 26.3 Å². The summed E-state index contributed by atoms with van der Waals surface area (Å²) in [6.07, 6.45) is -0.705. The predicted octanol–water partition coefficient (Wildman–Crippen LogP) is 4.69. The molecule has 1 N–H and O–H groups in total. The summed E-state index contributed by atoms with van der Waals surface area (Å²) in [5.74, 6) is 0.168. The third kappa shape index (κ3) is 6.33. The minimum absolute atomic E-state index is 0.0226. The number of nitrogens with zero attached hydrogens (tertiary/aromatic N) is 5. The molecule has 3 aromatic rings. The summed E-state index contributed by atoms with van der Waals surface area (Å²) in [6.45, 7) is 1.56. The lowest BCUT2D eigenvalue weighted by Crippen LogP contribution is -2.46. The van der Waals surface area contributed by atoms with Crippen LogP contribution in [0, 0.1) is 6.92 Å². The number of likely N-dealkylation sites (N-methyl/N-ethyl adjacent to an activating group) is 1.